The van der Waals surface area contributed by atoms with E-state index in [0.29, 0.717) is 17.1 Å². The Bertz CT molecular complexity index is 578. The molecule has 0 aliphatic rings. The second kappa shape index (κ2) is 5.32. The van der Waals surface area contributed by atoms with E-state index in [4.69, 9.17) is 9.47 Å². The van der Waals surface area contributed by atoms with Crippen molar-refractivity contribution in [2.75, 3.05) is 14.2 Å². The third-order valence-electron chi connectivity index (χ3n) is 3.30. The molecule has 0 saturated carbocycles. The van der Waals surface area contributed by atoms with Gasteiger partial charge in [-0.1, -0.05) is 0 Å². The Kier molecular flexibility index (Phi) is 3.76. The number of hydrogen-bond acceptors (Lipinski definition) is 4. The number of ether oxygens (including phenoxy) is 2. The normalized spacial score (nSPS) is 12.3. The molecular weight excluding hydrogens is 244 g/mol. The fraction of sp³-hybridized carbons (Fsp3) is 0.357. The molecule has 2 rings (SSSR count). The number of aliphatic hydroxyl groups excluding tert-OH is 1. The minimum absolute atomic E-state index is 0.622. The van der Waals surface area contributed by atoms with E-state index in [-0.39, 0.29) is 0 Å². The molecule has 1 aromatic heterocycles. The van der Waals surface area contributed by atoms with Crippen LogP contribution < -0.4 is 9.47 Å². The van der Waals surface area contributed by atoms with Gasteiger partial charge in [-0.15, -0.1) is 0 Å². The summed E-state index contributed by atoms with van der Waals surface area (Å²) in [5.74, 6) is 1.30. The zero-order chi connectivity index (χ0) is 14.0. The van der Waals surface area contributed by atoms with Gasteiger partial charge in [0, 0.05) is 23.9 Å². The molecule has 0 bridgehead atoms. The second-order valence-electron chi connectivity index (χ2n) is 4.32. The van der Waals surface area contributed by atoms with Crippen molar-refractivity contribution < 1.29 is 14.6 Å². The van der Waals surface area contributed by atoms with Crippen molar-refractivity contribution in [1.29, 1.82) is 0 Å². The topological polar surface area (TPSA) is 56.5 Å². The van der Waals surface area contributed by atoms with Gasteiger partial charge < -0.3 is 14.6 Å². The maximum absolute atomic E-state index is 10.5. The fourth-order valence-electron chi connectivity index (χ4n) is 2.00. The highest BCUT2D eigenvalue weighted by molar-refractivity contribution is 5.45. The highest BCUT2D eigenvalue weighted by Crippen LogP contribution is 2.33. The smallest absolute Gasteiger partial charge is 0.125 e. The Morgan fingerprint density at radius 2 is 1.95 bits per heavy atom. The summed E-state index contributed by atoms with van der Waals surface area (Å²) in [6, 6.07) is 5.35. The first-order chi connectivity index (χ1) is 9.08. The van der Waals surface area contributed by atoms with Crippen LogP contribution in [0.2, 0.25) is 0 Å². The van der Waals surface area contributed by atoms with Crippen molar-refractivity contribution >= 4 is 0 Å². The van der Waals surface area contributed by atoms with E-state index in [9.17, 15) is 5.11 Å². The molecule has 0 aliphatic carbocycles. The van der Waals surface area contributed by atoms with Gasteiger partial charge in [0.05, 0.1) is 20.4 Å². The molecule has 1 unspecified atom stereocenters. The predicted molar refractivity (Wildman–Crippen MR) is 71.6 cm³/mol. The average molecular weight is 262 g/mol. The lowest BCUT2D eigenvalue weighted by atomic mass is 10.0. The molecule has 1 heterocycles. The van der Waals surface area contributed by atoms with E-state index in [1.165, 1.54) is 0 Å². The quantitative estimate of drug-likeness (QED) is 0.913. The standard InChI is InChI=1S/C14H18N2O3/c1-9-12(8-15-16(9)2)14(17)11-7-10(18-3)5-6-13(11)19-4/h5-8,14,17H,1-4H3. The minimum atomic E-state index is -0.793. The maximum atomic E-state index is 10.5. The molecule has 2 aromatic rings. The van der Waals surface area contributed by atoms with Gasteiger partial charge in [-0.2, -0.15) is 5.10 Å². The number of aliphatic hydroxyl groups is 1. The summed E-state index contributed by atoms with van der Waals surface area (Å²) < 4.78 is 12.2. The predicted octanol–water partition coefficient (Wildman–Crippen LogP) is 1.83. The van der Waals surface area contributed by atoms with Crippen LogP contribution in [0.25, 0.3) is 0 Å². The molecule has 102 valence electrons. The summed E-state index contributed by atoms with van der Waals surface area (Å²) in [6.45, 7) is 1.91. The van der Waals surface area contributed by atoms with E-state index in [2.05, 4.69) is 5.10 Å². The summed E-state index contributed by atoms with van der Waals surface area (Å²) in [5.41, 5.74) is 2.34. The van der Waals surface area contributed by atoms with Crippen LogP contribution in [0.4, 0.5) is 0 Å². The number of nitrogens with zero attached hydrogens (tertiary/aromatic N) is 2. The largest absolute Gasteiger partial charge is 0.497 e. The van der Waals surface area contributed by atoms with Crippen molar-refractivity contribution in [3.05, 3.63) is 41.2 Å². The molecule has 0 spiro atoms. The van der Waals surface area contributed by atoms with Crippen LogP contribution in [0.15, 0.2) is 24.4 Å². The van der Waals surface area contributed by atoms with Gasteiger partial charge in [0.15, 0.2) is 0 Å². The fourth-order valence-corrected chi connectivity index (χ4v) is 2.00. The molecule has 5 heteroatoms. The Morgan fingerprint density at radius 1 is 1.21 bits per heavy atom. The Labute approximate surface area is 112 Å². The number of methoxy groups -OCH3 is 2. The number of aromatic nitrogens is 2. The van der Waals surface area contributed by atoms with E-state index >= 15 is 0 Å². The zero-order valence-electron chi connectivity index (χ0n) is 11.5. The summed E-state index contributed by atoms with van der Waals surface area (Å²) >= 11 is 0. The van der Waals surface area contributed by atoms with Crippen molar-refractivity contribution in [3.8, 4) is 11.5 Å². The Morgan fingerprint density at radius 3 is 2.47 bits per heavy atom. The van der Waals surface area contributed by atoms with E-state index in [0.717, 1.165) is 11.3 Å². The van der Waals surface area contributed by atoms with Crippen LogP contribution in [-0.2, 0) is 7.05 Å². The molecule has 0 radical (unpaired) electrons. The number of aryl methyl sites for hydroxylation is 1. The van der Waals surface area contributed by atoms with Gasteiger partial charge in [-0.3, -0.25) is 4.68 Å². The maximum Gasteiger partial charge on any atom is 0.125 e. The molecule has 0 fully saturated rings. The molecule has 1 atom stereocenters. The Balaban J connectivity index is 2.47. The van der Waals surface area contributed by atoms with Crippen LogP contribution >= 0.6 is 0 Å². The van der Waals surface area contributed by atoms with E-state index in [1.54, 1.807) is 43.3 Å². The van der Waals surface area contributed by atoms with Gasteiger partial charge >= 0.3 is 0 Å². The molecule has 0 saturated heterocycles. The van der Waals surface area contributed by atoms with Crippen LogP contribution in [-0.4, -0.2) is 29.1 Å². The summed E-state index contributed by atoms with van der Waals surface area (Å²) in [6.07, 6.45) is 0.873. The van der Waals surface area contributed by atoms with Crippen molar-refractivity contribution in [2.24, 2.45) is 7.05 Å². The molecule has 1 N–H and O–H groups in total. The summed E-state index contributed by atoms with van der Waals surface area (Å²) in [5, 5.41) is 14.7. The highest BCUT2D eigenvalue weighted by atomic mass is 16.5. The number of hydrogen-bond donors (Lipinski definition) is 1. The summed E-state index contributed by atoms with van der Waals surface area (Å²) in [4.78, 5) is 0. The third-order valence-corrected chi connectivity index (χ3v) is 3.30. The van der Waals surface area contributed by atoms with Gasteiger partial charge in [0.2, 0.25) is 0 Å². The molecular formula is C14H18N2O3. The van der Waals surface area contributed by atoms with Crippen molar-refractivity contribution in [3.63, 3.8) is 0 Å². The van der Waals surface area contributed by atoms with E-state index < -0.39 is 6.10 Å². The monoisotopic (exact) mass is 262 g/mol. The van der Waals surface area contributed by atoms with E-state index in [1.807, 2.05) is 14.0 Å². The number of benzene rings is 1. The molecule has 1 aromatic carbocycles. The molecule has 5 nitrogen and oxygen atoms in total. The van der Waals surface area contributed by atoms with Crippen LogP contribution in [0.5, 0.6) is 11.5 Å². The average Bonchev–Trinajstić information content (AvgIpc) is 2.77. The minimum Gasteiger partial charge on any atom is -0.497 e. The van der Waals surface area contributed by atoms with Crippen LogP contribution in [0.3, 0.4) is 0 Å². The molecule has 19 heavy (non-hydrogen) atoms. The molecule has 0 amide bonds. The van der Waals surface area contributed by atoms with Gasteiger partial charge in [-0.05, 0) is 25.1 Å². The lowest BCUT2D eigenvalue weighted by molar-refractivity contribution is 0.213. The van der Waals surface area contributed by atoms with Crippen molar-refractivity contribution in [1.82, 2.24) is 9.78 Å². The van der Waals surface area contributed by atoms with Gasteiger partial charge in [-0.25, -0.2) is 0 Å². The summed E-state index contributed by atoms with van der Waals surface area (Å²) in [7, 11) is 5.01. The lowest BCUT2D eigenvalue weighted by Gasteiger charge is -2.15. The first-order valence-corrected chi connectivity index (χ1v) is 5.97. The SMILES string of the molecule is COc1ccc(OC)c(C(O)c2cnn(C)c2C)c1. The van der Waals surface area contributed by atoms with Crippen LogP contribution in [0, 0.1) is 6.92 Å². The zero-order valence-corrected chi connectivity index (χ0v) is 11.5. The second-order valence-corrected chi connectivity index (χ2v) is 4.32. The first-order valence-electron chi connectivity index (χ1n) is 5.97. The lowest BCUT2D eigenvalue weighted by Crippen LogP contribution is -2.04. The van der Waals surface area contributed by atoms with Crippen molar-refractivity contribution in [2.45, 2.75) is 13.0 Å². The first kappa shape index (κ1) is 13.4. The number of rotatable bonds is 4. The van der Waals surface area contributed by atoms with Gasteiger partial charge in [0.25, 0.3) is 0 Å². The molecule has 0 aliphatic heterocycles. The van der Waals surface area contributed by atoms with Crippen LogP contribution in [0.1, 0.15) is 22.9 Å². The Hall–Kier alpha value is -2.01. The highest BCUT2D eigenvalue weighted by Gasteiger charge is 2.20. The third kappa shape index (κ3) is 2.42. The van der Waals surface area contributed by atoms with Gasteiger partial charge in [0.1, 0.15) is 17.6 Å².